The maximum atomic E-state index is 9.93. The lowest BCUT2D eigenvalue weighted by Gasteiger charge is -2.10. The molecule has 25 heavy (non-hydrogen) atoms. The maximum absolute atomic E-state index is 9.93. The molecule has 0 bridgehead atoms. The highest BCUT2D eigenvalue weighted by molar-refractivity contribution is 9.10. The molecule has 0 amide bonds. The summed E-state index contributed by atoms with van der Waals surface area (Å²) in [6, 6.07) is 21.1. The summed E-state index contributed by atoms with van der Waals surface area (Å²) in [5, 5.41) is 16.3. The molecule has 4 aromatic rings. The highest BCUT2D eigenvalue weighted by atomic mass is 79.9. The SMILES string of the molecule is Oc1ccc(Br)cc1/C=N/Nc1c2ccccc2nc2ccccc12. The number of nitrogens with one attached hydrogen (secondary N) is 1. The molecule has 0 aliphatic rings. The maximum Gasteiger partial charge on any atom is 0.124 e. The molecule has 0 aliphatic heterocycles. The van der Waals surface area contributed by atoms with Crippen molar-refractivity contribution in [1.29, 1.82) is 0 Å². The van der Waals surface area contributed by atoms with Crippen molar-refractivity contribution in [3.8, 4) is 5.75 Å². The predicted molar refractivity (Wildman–Crippen MR) is 106 cm³/mol. The van der Waals surface area contributed by atoms with Crippen molar-refractivity contribution in [2.24, 2.45) is 5.10 Å². The number of hydrogen-bond acceptors (Lipinski definition) is 4. The Morgan fingerprint density at radius 2 is 1.56 bits per heavy atom. The number of hydrogen-bond donors (Lipinski definition) is 2. The summed E-state index contributed by atoms with van der Waals surface area (Å²) in [6.45, 7) is 0. The van der Waals surface area contributed by atoms with Gasteiger partial charge in [-0.15, -0.1) is 0 Å². The number of hydrazone groups is 1. The Morgan fingerprint density at radius 1 is 0.920 bits per heavy atom. The highest BCUT2D eigenvalue weighted by Crippen LogP contribution is 2.30. The zero-order valence-electron chi connectivity index (χ0n) is 13.1. The van der Waals surface area contributed by atoms with Crippen LogP contribution in [0.4, 0.5) is 5.69 Å². The van der Waals surface area contributed by atoms with Crippen LogP contribution in [-0.4, -0.2) is 16.3 Å². The van der Waals surface area contributed by atoms with E-state index in [-0.39, 0.29) is 5.75 Å². The van der Waals surface area contributed by atoms with E-state index in [1.54, 1.807) is 18.3 Å². The third-order valence-corrected chi connectivity index (χ3v) is 4.45. The smallest absolute Gasteiger partial charge is 0.124 e. The van der Waals surface area contributed by atoms with Gasteiger partial charge in [0, 0.05) is 20.8 Å². The van der Waals surface area contributed by atoms with E-state index in [2.05, 4.69) is 26.5 Å². The van der Waals surface area contributed by atoms with E-state index in [1.165, 1.54) is 0 Å². The summed E-state index contributed by atoms with van der Waals surface area (Å²) < 4.78 is 0.881. The Morgan fingerprint density at radius 3 is 2.24 bits per heavy atom. The van der Waals surface area contributed by atoms with Crippen LogP contribution in [0.2, 0.25) is 0 Å². The van der Waals surface area contributed by atoms with Gasteiger partial charge in [-0.3, -0.25) is 5.43 Å². The van der Waals surface area contributed by atoms with E-state index in [0.29, 0.717) is 5.56 Å². The van der Waals surface area contributed by atoms with Crippen molar-refractivity contribution in [3.63, 3.8) is 0 Å². The minimum absolute atomic E-state index is 0.179. The summed E-state index contributed by atoms with van der Waals surface area (Å²) in [5.74, 6) is 0.179. The molecule has 0 aliphatic carbocycles. The summed E-state index contributed by atoms with van der Waals surface area (Å²) in [5.41, 5.74) is 6.47. The number of aromatic hydroxyl groups is 1. The molecule has 122 valence electrons. The van der Waals surface area contributed by atoms with E-state index in [0.717, 1.165) is 32.0 Å². The second-order valence-corrected chi connectivity index (χ2v) is 6.51. The molecule has 4 nitrogen and oxygen atoms in total. The topological polar surface area (TPSA) is 57.5 Å². The number of benzene rings is 3. The third kappa shape index (κ3) is 3.06. The number of anilines is 1. The molecular weight excluding hydrogens is 378 g/mol. The number of phenolic OH excluding ortho intramolecular Hbond substituents is 1. The molecule has 1 heterocycles. The lowest BCUT2D eigenvalue weighted by Crippen LogP contribution is -1.95. The second kappa shape index (κ2) is 6.53. The molecule has 1 aromatic heterocycles. The standard InChI is InChI=1S/C20H14BrN3O/c21-14-9-10-19(25)13(11-14)12-22-24-20-15-5-1-3-7-17(15)23-18-8-4-2-6-16(18)20/h1-12,25H,(H,23,24)/b22-12+. The number of phenols is 1. The van der Waals surface area contributed by atoms with Gasteiger partial charge in [-0.05, 0) is 30.3 Å². The molecule has 0 spiro atoms. The van der Waals surface area contributed by atoms with E-state index in [4.69, 9.17) is 4.98 Å². The number of rotatable bonds is 3. The van der Waals surface area contributed by atoms with Crippen LogP contribution in [0.3, 0.4) is 0 Å². The van der Waals surface area contributed by atoms with Crippen LogP contribution >= 0.6 is 15.9 Å². The fraction of sp³-hybridized carbons (Fsp3) is 0. The van der Waals surface area contributed by atoms with Crippen molar-refractivity contribution >= 4 is 49.6 Å². The third-order valence-electron chi connectivity index (χ3n) is 3.96. The number of pyridine rings is 1. The molecule has 0 atom stereocenters. The van der Waals surface area contributed by atoms with Gasteiger partial charge >= 0.3 is 0 Å². The van der Waals surface area contributed by atoms with Crippen LogP contribution in [0, 0.1) is 0 Å². The average molecular weight is 392 g/mol. The van der Waals surface area contributed by atoms with Crippen molar-refractivity contribution in [1.82, 2.24) is 4.98 Å². The molecule has 4 rings (SSSR count). The zero-order chi connectivity index (χ0) is 17.2. The quantitative estimate of drug-likeness (QED) is 0.283. The first-order valence-electron chi connectivity index (χ1n) is 7.77. The fourth-order valence-corrected chi connectivity index (χ4v) is 3.13. The Bertz CT molecular complexity index is 1050. The van der Waals surface area contributed by atoms with Gasteiger partial charge in [-0.25, -0.2) is 4.98 Å². The van der Waals surface area contributed by atoms with Gasteiger partial charge in [-0.1, -0.05) is 52.3 Å². The molecule has 5 heteroatoms. The van der Waals surface area contributed by atoms with Crippen LogP contribution in [0.25, 0.3) is 21.8 Å². The summed E-state index contributed by atoms with van der Waals surface area (Å²) >= 11 is 3.40. The first-order chi connectivity index (χ1) is 12.2. The minimum Gasteiger partial charge on any atom is -0.507 e. The number of aromatic nitrogens is 1. The number of para-hydroxylation sites is 2. The Balaban J connectivity index is 1.79. The first kappa shape index (κ1) is 15.6. The monoisotopic (exact) mass is 391 g/mol. The molecule has 0 unspecified atom stereocenters. The minimum atomic E-state index is 0.179. The van der Waals surface area contributed by atoms with Crippen LogP contribution in [0.15, 0.2) is 76.3 Å². The first-order valence-corrected chi connectivity index (χ1v) is 8.57. The van der Waals surface area contributed by atoms with E-state index < -0.39 is 0 Å². The van der Waals surface area contributed by atoms with Gasteiger partial charge in [0.05, 0.1) is 22.9 Å². The number of nitrogens with zero attached hydrogens (tertiary/aromatic N) is 2. The molecule has 0 saturated heterocycles. The average Bonchev–Trinajstić information content (AvgIpc) is 2.64. The summed E-state index contributed by atoms with van der Waals surface area (Å²) in [7, 11) is 0. The van der Waals surface area contributed by atoms with Crippen molar-refractivity contribution in [3.05, 3.63) is 76.8 Å². The van der Waals surface area contributed by atoms with Gasteiger partial charge in [0.15, 0.2) is 0 Å². The van der Waals surface area contributed by atoms with Gasteiger partial charge in [-0.2, -0.15) is 5.10 Å². The van der Waals surface area contributed by atoms with Crippen molar-refractivity contribution < 1.29 is 5.11 Å². The summed E-state index contributed by atoms with van der Waals surface area (Å²) in [6.07, 6.45) is 1.60. The Hall–Kier alpha value is -2.92. The Kier molecular flexibility index (Phi) is 4.07. The predicted octanol–water partition coefficient (Wildman–Crippen LogP) is 5.30. The van der Waals surface area contributed by atoms with Crippen LogP contribution in [0.1, 0.15) is 5.56 Å². The molecular formula is C20H14BrN3O. The fourth-order valence-electron chi connectivity index (χ4n) is 2.76. The molecule has 2 N–H and O–H groups in total. The molecule has 0 saturated carbocycles. The van der Waals surface area contributed by atoms with Gasteiger partial charge in [0.1, 0.15) is 5.75 Å². The van der Waals surface area contributed by atoms with Gasteiger partial charge in [0.2, 0.25) is 0 Å². The summed E-state index contributed by atoms with van der Waals surface area (Å²) in [4.78, 5) is 4.69. The highest BCUT2D eigenvalue weighted by Gasteiger charge is 2.07. The molecule has 3 aromatic carbocycles. The van der Waals surface area contributed by atoms with E-state index in [9.17, 15) is 5.11 Å². The van der Waals surface area contributed by atoms with E-state index in [1.807, 2.05) is 54.6 Å². The van der Waals surface area contributed by atoms with Crippen molar-refractivity contribution in [2.75, 3.05) is 5.43 Å². The Labute approximate surface area is 153 Å². The van der Waals surface area contributed by atoms with Crippen LogP contribution in [-0.2, 0) is 0 Å². The van der Waals surface area contributed by atoms with Crippen molar-refractivity contribution in [2.45, 2.75) is 0 Å². The lowest BCUT2D eigenvalue weighted by molar-refractivity contribution is 0.474. The zero-order valence-corrected chi connectivity index (χ0v) is 14.7. The van der Waals surface area contributed by atoms with Crippen LogP contribution in [0.5, 0.6) is 5.75 Å². The van der Waals surface area contributed by atoms with E-state index >= 15 is 0 Å². The second-order valence-electron chi connectivity index (χ2n) is 5.59. The molecule has 0 radical (unpaired) electrons. The van der Waals surface area contributed by atoms with Crippen LogP contribution < -0.4 is 5.43 Å². The molecule has 0 fully saturated rings. The number of fused-ring (bicyclic) bond motifs is 2. The van der Waals surface area contributed by atoms with Gasteiger partial charge in [0.25, 0.3) is 0 Å². The lowest BCUT2D eigenvalue weighted by atomic mass is 10.1. The normalized spacial score (nSPS) is 11.4. The van der Waals surface area contributed by atoms with Gasteiger partial charge < -0.3 is 5.11 Å². The largest absolute Gasteiger partial charge is 0.507 e. The number of halogens is 1.